The van der Waals surface area contributed by atoms with Crippen LogP contribution >= 0.6 is 11.6 Å². The lowest BCUT2D eigenvalue weighted by Crippen LogP contribution is -2.44. The normalized spacial score (nSPS) is 40.7. The van der Waals surface area contributed by atoms with Crippen molar-refractivity contribution in [1.29, 1.82) is 0 Å². The SMILES string of the molecule is Clc1ccc2c(c1)C1(CCN(CC3CC4C=CC3C4)CC1)C[C@@H]2NCC1CC2C=CC1C2.[HH]. The standard InChI is InChI=1S/C29H37ClN2.H2/c30-25-5-6-26-27(15-25)29(16-28(26)31-17-23-13-19-1-3-21(23)11-19)7-9-32(10-8-29)18-24-14-20-2-4-22(24)12-20;/h1-6,15,19-24,28,31H,7-14,16-18H2;1H/t19?,20?,21?,22?,23?,24?,28-;/m0./s1. The Labute approximate surface area is 200 Å². The van der Waals surface area contributed by atoms with Crippen LogP contribution in [0.15, 0.2) is 42.5 Å². The molecule has 6 unspecified atom stereocenters. The number of nitrogens with one attached hydrogen (secondary N) is 1. The van der Waals surface area contributed by atoms with Crippen molar-refractivity contribution in [2.45, 2.75) is 56.4 Å². The van der Waals surface area contributed by atoms with Gasteiger partial charge in [-0.05, 0) is 129 Å². The third kappa shape index (κ3) is 3.36. The van der Waals surface area contributed by atoms with E-state index in [2.05, 4.69) is 52.7 Å². The number of likely N-dealkylation sites (tertiary alicyclic amines) is 1. The Morgan fingerprint density at radius 3 is 2.31 bits per heavy atom. The minimum atomic E-state index is 0. The number of rotatable bonds is 5. The van der Waals surface area contributed by atoms with E-state index in [1.807, 2.05) is 0 Å². The third-order valence-corrected chi connectivity index (χ3v) is 10.6. The summed E-state index contributed by atoms with van der Waals surface area (Å²) in [4.78, 5) is 2.79. The van der Waals surface area contributed by atoms with Crippen LogP contribution in [0.25, 0.3) is 0 Å². The van der Waals surface area contributed by atoms with Crippen LogP contribution in [-0.2, 0) is 5.41 Å². The minimum Gasteiger partial charge on any atom is -0.310 e. The summed E-state index contributed by atoms with van der Waals surface area (Å²) < 4.78 is 0. The van der Waals surface area contributed by atoms with Gasteiger partial charge in [0.15, 0.2) is 0 Å². The minimum absolute atomic E-state index is 0. The second kappa shape index (κ2) is 7.72. The molecule has 4 bridgehead atoms. The molecule has 1 saturated heterocycles. The number of allylic oxidation sites excluding steroid dienone is 4. The fourth-order valence-electron chi connectivity index (χ4n) is 8.58. The van der Waals surface area contributed by atoms with Crippen LogP contribution in [0, 0.1) is 35.5 Å². The van der Waals surface area contributed by atoms with Crippen molar-refractivity contribution in [3.8, 4) is 0 Å². The van der Waals surface area contributed by atoms with Gasteiger partial charge in [0.25, 0.3) is 0 Å². The second-order valence-corrected chi connectivity index (χ2v) is 12.5. The summed E-state index contributed by atoms with van der Waals surface area (Å²) in [6, 6.07) is 7.27. The Morgan fingerprint density at radius 2 is 1.66 bits per heavy atom. The number of benzene rings is 1. The van der Waals surface area contributed by atoms with Crippen LogP contribution in [0.2, 0.25) is 5.02 Å². The van der Waals surface area contributed by atoms with Gasteiger partial charge in [-0.15, -0.1) is 0 Å². The average Bonchev–Trinajstić information content (AvgIpc) is 3.62. The summed E-state index contributed by atoms with van der Waals surface area (Å²) in [6.07, 6.45) is 19.5. The molecule has 3 heteroatoms. The van der Waals surface area contributed by atoms with Crippen molar-refractivity contribution in [3.63, 3.8) is 0 Å². The summed E-state index contributed by atoms with van der Waals surface area (Å²) in [5.41, 5.74) is 3.44. The molecule has 6 aliphatic rings. The van der Waals surface area contributed by atoms with E-state index in [0.717, 1.165) is 40.5 Å². The monoisotopic (exact) mass is 450 g/mol. The number of halogens is 1. The molecule has 1 spiro atoms. The van der Waals surface area contributed by atoms with Gasteiger partial charge in [0.1, 0.15) is 0 Å². The van der Waals surface area contributed by atoms with Crippen molar-refractivity contribution in [3.05, 3.63) is 58.7 Å². The van der Waals surface area contributed by atoms with Crippen LogP contribution in [-0.4, -0.2) is 31.1 Å². The molecule has 2 nitrogen and oxygen atoms in total. The van der Waals surface area contributed by atoms with E-state index < -0.39 is 0 Å². The maximum absolute atomic E-state index is 6.53. The van der Waals surface area contributed by atoms with E-state index in [9.17, 15) is 0 Å². The molecule has 1 aromatic carbocycles. The zero-order chi connectivity index (χ0) is 21.3. The molecule has 3 fully saturated rings. The highest BCUT2D eigenvalue weighted by Gasteiger charge is 2.47. The molecule has 2 saturated carbocycles. The Kier molecular flexibility index (Phi) is 4.90. The van der Waals surface area contributed by atoms with Gasteiger partial charge in [-0.1, -0.05) is 42.0 Å². The summed E-state index contributed by atoms with van der Waals surface area (Å²) in [5, 5.41) is 4.96. The molecule has 0 aromatic heterocycles. The van der Waals surface area contributed by atoms with E-state index >= 15 is 0 Å². The van der Waals surface area contributed by atoms with Crippen LogP contribution in [0.4, 0.5) is 0 Å². The largest absolute Gasteiger partial charge is 0.310 e. The average molecular weight is 451 g/mol. The highest BCUT2D eigenvalue weighted by atomic mass is 35.5. The lowest BCUT2D eigenvalue weighted by Gasteiger charge is -2.42. The third-order valence-electron chi connectivity index (χ3n) is 10.3. The zero-order valence-corrected chi connectivity index (χ0v) is 19.9. The number of piperidine rings is 1. The highest BCUT2D eigenvalue weighted by molar-refractivity contribution is 6.30. The zero-order valence-electron chi connectivity index (χ0n) is 19.2. The van der Waals surface area contributed by atoms with Crippen molar-refractivity contribution in [2.75, 3.05) is 26.2 Å². The first-order valence-electron chi connectivity index (χ1n) is 13.3. The van der Waals surface area contributed by atoms with Crippen molar-refractivity contribution >= 4 is 11.6 Å². The maximum Gasteiger partial charge on any atom is 0.0409 e. The van der Waals surface area contributed by atoms with Crippen LogP contribution in [0.3, 0.4) is 0 Å². The highest BCUT2D eigenvalue weighted by Crippen LogP contribution is 2.52. The molecule has 1 aliphatic heterocycles. The molecule has 1 N–H and O–H groups in total. The summed E-state index contributed by atoms with van der Waals surface area (Å²) in [7, 11) is 0. The number of hydrogen-bond donors (Lipinski definition) is 1. The van der Waals surface area contributed by atoms with Crippen molar-refractivity contribution in [1.82, 2.24) is 10.2 Å². The molecule has 7 rings (SSSR count). The molecular weight excluding hydrogens is 412 g/mol. The first-order chi connectivity index (χ1) is 15.6. The quantitative estimate of drug-likeness (QED) is 0.523. The van der Waals surface area contributed by atoms with E-state index in [1.54, 1.807) is 11.1 Å². The van der Waals surface area contributed by atoms with Gasteiger partial charge in [0.05, 0.1) is 0 Å². The predicted octanol–water partition coefficient (Wildman–Crippen LogP) is 6.38. The topological polar surface area (TPSA) is 15.3 Å². The molecule has 172 valence electrons. The maximum atomic E-state index is 6.53. The summed E-state index contributed by atoms with van der Waals surface area (Å²) >= 11 is 6.53. The Bertz CT molecular complexity index is 949. The van der Waals surface area contributed by atoms with E-state index in [1.165, 1.54) is 71.1 Å². The number of fused-ring (bicyclic) bond motifs is 6. The number of hydrogen-bond acceptors (Lipinski definition) is 2. The second-order valence-electron chi connectivity index (χ2n) is 12.1. The lowest BCUT2D eigenvalue weighted by atomic mass is 9.73. The first-order valence-corrected chi connectivity index (χ1v) is 13.7. The fraction of sp³-hybridized carbons (Fsp3) is 0.655. The van der Waals surface area contributed by atoms with Crippen molar-refractivity contribution in [2.24, 2.45) is 35.5 Å². The molecule has 7 atom stereocenters. The Morgan fingerprint density at radius 1 is 0.938 bits per heavy atom. The molecule has 0 amide bonds. The van der Waals surface area contributed by atoms with Gasteiger partial charge in [0, 0.05) is 19.0 Å². The molecule has 0 radical (unpaired) electrons. The fourth-order valence-corrected chi connectivity index (χ4v) is 8.75. The Hall–Kier alpha value is -1.09. The van der Waals surface area contributed by atoms with Crippen LogP contribution < -0.4 is 5.32 Å². The summed E-state index contributed by atoms with van der Waals surface area (Å²) in [5.74, 6) is 5.21. The first kappa shape index (κ1) is 20.3. The molecule has 1 heterocycles. The van der Waals surface area contributed by atoms with Gasteiger partial charge in [0.2, 0.25) is 0 Å². The van der Waals surface area contributed by atoms with E-state index in [-0.39, 0.29) is 1.43 Å². The van der Waals surface area contributed by atoms with Crippen molar-refractivity contribution < 1.29 is 1.43 Å². The summed E-state index contributed by atoms with van der Waals surface area (Å²) in [6.45, 7) is 5.02. The van der Waals surface area contributed by atoms with Gasteiger partial charge >= 0.3 is 0 Å². The molecular formula is C29H39ClN2. The molecule has 1 aromatic rings. The van der Waals surface area contributed by atoms with Gasteiger partial charge in [-0.25, -0.2) is 0 Å². The van der Waals surface area contributed by atoms with Gasteiger partial charge in [-0.3, -0.25) is 0 Å². The van der Waals surface area contributed by atoms with Crippen LogP contribution in [0.1, 0.15) is 63.5 Å². The lowest BCUT2D eigenvalue weighted by molar-refractivity contribution is 0.128. The van der Waals surface area contributed by atoms with E-state index in [0.29, 0.717) is 11.5 Å². The van der Waals surface area contributed by atoms with E-state index in [4.69, 9.17) is 11.6 Å². The van der Waals surface area contributed by atoms with Gasteiger partial charge < -0.3 is 10.2 Å². The Balaban J connectivity index is 0.00000206. The smallest absolute Gasteiger partial charge is 0.0409 e. The predicted molar refractivity (Wildman–Crippen MR) is 134 cm³/mol. The van der Waals surface area contributed by atoms with Crippen LogP contribution in [0.5, 0.6) is 0 Å². The molecule has 32 heavy (non-hydrogen) atoms. The molecule has 5 aliphatic carbocycles. The van der Waals surface area contributed by atoms with Gasteiger partial charge in [-0.2, -0.15) is 0 Å². The number of nitrogens with zero attached hydrogens (tertiary/aromatic N) is 1.